The molecule has 0 aliphatic heterocycles. The molecule has 20 heavy (non-hydrogen) atoms. The van der Waals surface area contributed by atoms with E-state index >= 15 is 0 Å². The Hall–Kier alpha value is -1.07. The highest BCUT2D eigenvalue weighted by Crippen LogP contribution is 2.23. The van der Waals surface area contributed by atoms with Gasteiger partial charge in [-0.1, -0.05) is 31.7 Å². The molecule has 2 N–H and O–H groups in total. The first kappa shape index (κ1) is 15.3. The summed E-state index contributed by atoms with van der Waals surface area (Å²) in [4.78, 5) is 0.311. The molecular formula is C15H24N2O2S. The number of hydrogen-bond acceptors (Lipinski definition) is 3. The number of rotatable bonds is 5. The van der Waals surface area contributed by atoms with Crippen LogP contribution in [0.3, 0.4) is 0 Å². The standard InChI is InChI=1S/C15H24N2O2S/c1-16-20(18,19)15-10-6-9-14(11-15)17-12-13-7-4-2-3-5-8-13/h6,9-11,13,16-17H,2-5,7-8,12H2,1H3. The van der Waals surface area contributed by atoms with Gasteiger partial charge in [0.2, 0.25) is 10.0 Å². The summed E-state index contributed by atoms with van der Waals surface area (Å²) < 4.78 is 25.9. The van der Waals surface area contributed by atoms with Crippen molar-refractivity contribution in [1.82, 2.24) is 4.72 Å². The third kappa shape index (κ3) is 4.21. The van der Waals surface area contributed by atoms with Crippen LogP contribution in [-0.4, -0.2) is 22.0 Å². The van der Waals surface area contributed by atoms with Crippen molar-refractivity contribution < 1.29 is 8.42 Å². The summed E-state index contributed by atoms with van der Waals surface area (Å²) >= 11 is 0. The second-order valence-electron chi connectivity index (χ2n) is 5.47. The normalized spacial score (nSPS) is 17.6. The summed E-state index contributed by atoms with van der Waals surface area (Å²) in [5.74, 6) is 0.710. The molecule has 1 saturated carbocycles. The van der Waals surface area contributed by atoms with Crippen LogP contribution < -0.4 is 10.0 Å². The predicted octanol–water partition coefficient (Wildman–Crippen LogP) is 2.98. The van der Waals surface area contributed by atoms with Crippen LogP contribution in [0.2, 0.25) is 0 Å². The first-order valence-electron chi connectivity index (χ1n) is 7.39. The molecule has 0 heterocycles. The van der Waals surface area contributed by atoms with Gasteiger partial charge >= 0.3 is 0 Å². The molecule has 1 aliphatic carbocycles. The Morgan fingerprint density at radius 3 is 2.50 bits per heavy atom. The van der Waals surface area contributed by atoms with Crippen molar-refractivity contribution in [2.75, 3.05) is 18.9 Å². The Morgan fingerprint density at radius 2 is 1.85 bits per heavy atom. The number of sulfonamides is 1. The lowest BCUT2D eigenvalue weighted by molar-refractivity contribution is 0.483. The van der Waals surface area contributed by atoms with Crippen LogP contribution in [0, 0.1) is 5.92 Å². The first-order valence-corrected chi connectivity index (χ1v) is 8.87. The molecule has 5 heteroatoms. The van der Waals surface area contributed by atoms with E-state index in [1.807, 2.05) is 6.07 Å². The minimum atomic E-state index is -3.36. The molecule has 0 aromatic heterocycles. The fourth-order valence-corrected chi connectivity index (χ4v) is 3.50. The SMILES string of the molecule is CNS(=O)(=O)c1cccc(NCC2CCCCCC2)c1. The quantitative estimate of drug-likeness (QED) is 0.821. The van der Waals surface area contributed by atoms with Gasteiger partial charge in [0.25, 0.3) is 0 Å². The van der Waals surface area contributed by atoms with E-state index in [1.54, 1.807) is 18.2 Å². The van der Waals surface area contributed by atoms with E-state index in [-0.39, 0.29) is 0 Å². The first-order chi connectivity index (χ1) is 9.62. The maximum absolute atomic E-state index is 11.8. The Morgan fingerprint density at radius 1 is 1.15 bits per heavy atom. The molecule has 0 amide bonds. The zero-order valence-electron chi connectivity index (χ0n) is 12.1. The monoisotopic (exact) mass is 296 g/mol. The van der Waals surface area contributed by atoms with E-state index in [9.17, 15) is 8.42 Å². The molecule has 0 saturated heterocycles. The molecule has 4 nitrogen and oxygen atoms in total. The van der Waals surface area contributed by atoms with Gasteiger partial charge in [-0.25, -0.2) is 13.1 Å². The largest absolute Gasteiger partial charge is 0.385 e. The lowest BCUT2D eigenvalue weighted by atomic mass is 10.0. The van der Waals surface area contributed by atoms with E-state index < -0.39 is 10.0 Å². The summed E-state index contributed by atoms with van der Waals surface area (Å²) in [6.07, 6.45) is 7.91. The van der Waals surface area contributed by atoms with Crippen molar-refractivity contribution in [3.05, 3.63) is 24.3 Å². The number of nitrogens with one attached hydrogen (secondary N) is 2. The van der Waals surface area contributed by atoms with Crippen molar-refractivity contribution in [3.63, 3.8) is 0 Å². The summed E-state index contributed by atoms with van der Waals surface area (Å²) in [6.45, 7) is 0.934. The Balaban J connectivity index is 1.97. The summed E-state index contributed by atoms with van der Waals surface area (Å²) in [5.41, 5.74) is 0.880. The third-order valence-corrected chi connectivity index (χ3v) is 5.39. The van der Waals surface area contributed by atoms with E-state index in [1.165, 1.54) is 45.6 Å². The van der Waals surface area contributed by atoms with Gasteiger partial charge < -0.3 is 5.32 Å². The minimum Gasteiger partial charge on any atom is -0.385 e. The van der Waals surface area contributed by atoms with E-state index in [2.05, 4.69) is 10.0 Å². The second kappa shape index (κ2) is 7.09. The zero-order valence-corrected chi connectivity index (χ0v) is 12.9. The van der Waals surface area contributed by atoms with Gasteiger partial charge in [-0.3, -0.25) is 0 Å². The molecule has 0 atom stereocenters. The summed E-state index contributed by atoms with van der Waals surface area (Å²) in [6, 6.07) is 7.01. The molecule has 1 aromatic rings. The molecule has 2 rings (SSSR count). The van der Waals surface area contributed by atoms with Gasteiger partial charge in [0, 0.05) is 12.2 Å². The van der Waals surface area contributed by atoms with E-state index in [0.717, 1.165) is 12.2 Å². The number of anilines is 1. The molecule has 1 aliphatic rings. The Kier molecular flexibility index (Phi) is 5.43. The van der Waals surface area contributed by atoms with Crippen LogP contribution in [0.4, 0.5) is 5.69 Å². The molecule has 0 unspecified atom stereocenters. The van der Waals surface area contributed by atoms with Crippen molar-refractivity contribution in [3.8, 4) is 0 Å². The lowest BCUT2D eigenvalue weighted by Crippen LogP contribution is -2.19. The summed E-state index contributed by atoms with van der Waals surface area (Å²) in [5, 5.41) is 3.39. The summed E-state index contributed by atoms with van der Waals surface area (Å²) in [7, 11) is -1.93. The van der Waals surface area contributed by atoms with Crippen LogP contribution in [0.5, 0.6) is 0 Å². The highest BCUT2D eigenvalue weighted by molar-refractivity contribution is 7.89. The van der Waals surface area contributed by atoms with Gasteiger partial charge in [0.05, 0.1) is 4.90 Å². The fourth-order valence-electron chi connectivity index (χ4n) is 2.72. The van der Waals surface area contributed by atoms with E-state index in [4.69, 9.17) is 0 Å². The molecule has 0 bridgehead atoms. The smallest absolute Gasteiger partial charge is 0.240 e. The maximum atomic E-state index is 11.8. The van der Waals surface area contributed by atoms with Crippen LogP contribution >= 0.6 is 0 Å². The molecule has 112 valence electrons. The molecule has 1 fully saturated rings. The molecule has 0 spiro atoms. The lowest BCUT2D eigenvalue weighted by Gasteiger charge is -2.16. The van der Waals surface area contributed by atoms with Gasteiger partial charge in [-0.2, -0.15) is 0 Å². The number of benzene rings is 1. The second-order valence-corrected chi connectivity index (χ2v) is 7.36. The Labute approximate surface area is 122 Å². The molecular weight excluding hydrogens is 272 g/mol. The zero-order chi connectivity index (χ0) is 14.4. The van der Waals surface area contributed by atoms with Gasteiger partial charge in [0.1, 0.15) is 0 Å². The van der Waals surface area contributed by atoms with Crippen molar-refractivity contribution >= 4 is 15.7 Å². The van der Waals surface area contributed by atoms with Crippen LogP contribution in [0.15, 0.2) is 29.2 Å². The average Bonchev–Trinajstić information content (AvgIpc) is 2.74. The molecule has 0 radical (unpaired) electrons. The van der Waals surface area contributed by atoms with Gasteiger partial charge in [-0.05, 0) is 44.0 Å². The third-order valence-electron chi connectivity index (χ3n) is 3.98. The number of hydrogen-bond donors (Lipinski definition) is 2. The predicted molar refractivity (Wildman–Crippen MR) is 82.4 cm³/mol. The minimum absolute atomic E-state index is 0.311. The van der Waals surface area contributed by atoms with E-state index in [0.29, 0.717) is 10.8 Å². The van der Waals surface area contributed by atoms with Crippen LogP contribution in [0.1, 0.15) is 38.5 Å². The van der Waals surface area contributed by atoms with Crippen molar-refractivity contribution in [2.45, 2.75) is 43.4 Å². The Bertz CT molecular complexity index is 520. The molecule has 1 aromatic carbocycles. The van der Waals surface area contributed by atoms with Crippen LogP contribution in [0.25, 0.3) is 0 Å². The van der Waals surface area contributed by atoms with Crippen LogP contribution in [-0.2, 0) is 10.0 Å². The highest BCUT2D eigenvalue weighted by atomic mass is 32.2. The highest BCUT2D eigenvalue weighted by Gasteiger charge is 2.13. The topological polar surface area (TPSA) is 58.2 Å². The average molecular weight is 296 g/mol. The van der Waals surface area contributed by atoms with Crippen molar-refractivity contribution in [1.29, 1.82) is 0 Å². The maximum Gasteiger partial charge on any atom is 0.240 e. The fraction of sp³-hybridized carbons (Fsp3) is 0.600. The van der Waals surface area contributed by atoms with Crippen molar-refractivity contribution in [2.24, 2.45) is 5.92 Å². The van der Waals surface area contributed by atoms with Gasteiger partial charge in [0.15, 0.2) is 0 Å². The van der Waals surface area contributed by atoms with Gasteiger partial charge in [-0.15, -0.1) is 0 Å².